The van der Waals surface area contributed by atoms with E-state index in [9.17, 15) is 18.4 Å². The summed E-state index contributed by atoms with van der Waals surface area (Å²) in [6, 6.07) is 3.31. The van der Waals surface area contributed by atoms with E-state index in [0.717, 1.165) is 17.0 Å². The highest BCUT2D eigenvalue weighted by Gasteiger charge is 2.12. The first-order valence-corrected chi connectivity index (χ1v) is 5.80. The van der Waals surface area contributed by atoms with Crippen molar-refractivity contribution in [2.45, 2.75) is 19.3 Å². The van der Waals surface area contributed by atoms with Crippen molar-refractivity contribution in [2.75, 3.05) is 13.6 Å². The summed E-state index contributed by atoms with van der Waals surface area (Å²) in [7, 11) is 1.40. The van der Waals surface area contributed by atoms with Crippen molar-refractivity contribution in [1.29, 1.82) is 0 Å². The van der Waals surface area contributed by atoms with Gasteiger partial charge in [0.25, 0.3) is 0 Å². The van der Waals surface area contributed by atoms with Gasteiger partial charge in [-0.2, -0.15) is 0 Å². The fraction of sp³-hybridized carbons (Fsp3) is 0.385. The third kappa shape index (κ3) is 5.03. The van der Waals surface area contributed by atoms with Crippen LogP contribution < -0.4 is 0 Å². The van der Waals surface area contributed by atoms with Crippen molar-refractivity contribution in [2.24, 2.45) is 0 Å². The van der Waals surface area contributed by atoms with Gasteiger partial charge in [0.1, 0.15) is 18.2 Å². The maximum absolute atomic E-state index is 13.3. The van der Waals surface area contributed by atoms with Gasteiger partial charge in [0, 0.05) is 19.5 Å². The Labute approximate surface area is 109 Å². The number of hydrogen-bond acceptors (Lipinski definition) is 2. The van der Waals surface area contributed by atoms with Gasteiger partial charge in [0.2, 0.25) is 5.91 Å². The molecule has 6 heteroatoms. The smallest absolute Gasteiger partial charge is 0.323 e. The van der Waals surface area contributed by atoms with Crippen molar-refractivity contribution in [3.05, 3.63) is 35.4 Å². The van der Waals surface area contributed by atoms with Crippen molar-refractivity contribution >= 4 is 11.9 Å². The molecule has 0 saturated heterocycles. The lowest BCUT2D eigenvalue weighted by atomic mass is 10.1. The van der Waals surface area contributed by atoms with Crippen molar-refractivity contribution in [1.82, 2.24) is 4.90 Å². The number of rotatable bonds is 6. The van der Waals surface area contributed by atoms with Crippen LogP contribution >= 0.6 is 0 Å². The number of amides is 1. The summed E-state index contributed by atoms with van der Waals surface area (Å²) in [6.45, 7) is -0.357. The molecular weight excluding hydrogens is 256 g/mol. The van der Waals surface area contributed by atoms with E-state index >= 15 is 0 Å². The summed E-state index contributed by atoms with van der Waals surface area (Å²) in [4.78, 5) is 23.0. The zero-order valence-electron chi connectivity index (χ0n) is 10.5. The first-order valence-electron chi connectivity index (χ1n) is 5.80. The zero-order chi connectivity index (χ0) is 14.4. The van der Waals surface area contributed by atoms with E-state index in [2.05, 4.69) is 0 Å². The van der Waals surface area contributed by atoms with E-state index < -0.39 is 17.6 Å². The molecule has 0 fully saturated rings. The van der Waals surface area contributed by atoms with Crippen molar-refractivity contribution < 1.29 is 23.5 Å². The molecule has 0 bridgehead atoms. The van der Waals surface area contributed by atoms with Crippen molar-refractivity contribution in [3.63, 3.8) is 0 Å². The largest absolute Gasteiger partial charge is 0.480 e. The molecule has 1 aromatic rings. The van der Waals surface area contributed by atoms with Crippen LogP contribution in [0.25, 0.3) is 0 Å². The fourth-order valence-electron chi connectivity index (χ4n) is 1.64. The van der Waals surface area contributed by atoms with Crippen LogP contribution in [0.4, 0.5) is 8.78 Å². The predicted octanol–water partition coefficient (Wildman–Crippen LogP) is 1.83. The third-order valence-electron chi connectivity index (χ3n) is 2.65. The molecule has 19 heavy (non-hydrogen) atoms. The third-order valence-corrected chi connectivity index (χ3v) is 2.65. The number of benzene rings is 1. The summed E-state index contributed by atoms with van der Waals surface area (Å²) in [5.41, 5.74) is 0.343. The number of halogens is 2. The minimum Gasteiger partial charge on any atom is -0.480 e. The average molecular weight is 271 g/mol. The fourth-order valence-corrected chi connectivity index (χ4v) is 1.64. The molecule has 1 N–H and O–H groups in total. The minimum atomic E-state index is -1.08. The highest BCUT2D eigenvalue weighted by atomic mass is 19.1. The number of carbonyl (C=O) groups is 2. The topological polar surface area (TPSA) is 57.6 Å². The molecule has 0 aliphatic heterocycles. The van der Waals surface area contributed by atoms with Crippen LogP contribution in [0.2, 0.25) is 0 Å². The lowest BCUT2D eigenvalue weighted by Gasteiger charge is -2.14. The quantitative estimate of drug-likeness (QED) is 0.858. The highest BCUT2D eigenvalue weighted by Crippen LogP contribution is 2.12. The Morgan fingerprint density at radius 1 is 1.32 bits per heavy atom. The van der Waals surface area contributed by atoms with Gasteiger partial charge >= 0.3 is 5.97 Å². The number of hydrogen-bond donors (Lipinski definition) is 1. The number of carboxylic acids is 1. The normalized spacial score (nSPS) is 10.3. The molecule has 4 nitrogen and oxygen atoms in total. The standard InChI is InChI=1S/C13H15F2NO3/c1-16(8-13(18)19)12(17)4-2-3-9-5-6-10(14)7-11(9)15/h5-7H,2-4,8H2,1H3,(H,18,19). The molecule has 104 valence electrons. The lowest BCUT2D eigenvalue weighted by molar-refractivity contribution is -0.143. The van der Waals surface area contributed by atoms with Gasteiger partial charge in [-0.1, -0.05) is 6.07 Å². The molecule has 0 aliphatic rings. The molecule has 0 atom stereocenters. The van der Waals surface area contributed by atoms with Crippen LogP contribution in [0.3, 0.4) is 0 Å². The number of nitrogens with zero attached hydrogens (tertiary/aromatic N) is 1. The maximum atomic E-state index is 13.3. The summed E-state index contributed by atoms with van der Waals surface area (Å²) < 4.78 is 26.0. The molecule has 0 aliphatic carbocycles. The average Bonchev–Trinajstić information content (AvgIpc) is 2.30. The summed E-state index contributed by atoms with van der Waals surface area (Å²) in [5, 5.41) is 8.52. The second kappa shape index (κ2) is 6.82. The molecule has 0 heterocycles. The molecule has 1 amide bonds. The molecule has 0 aromatic heterocycles. The van der Waals surface area contributed by atoms with Gasteiger partial charge in [-0.15, -0.1) is 0 Å². The summed E-state index contributed by atoms with van der Waals surface area (Å²) in [6.07, 6.45) is 0.810. The minimum absolute atomic E-state index is 0.126. The van der Waals surface area contributed by atoms with E-state index in [0.29, 0.717) is 18.4 Å². The Hall–Kier alpha value is -1.98. The molecule has 0 unspecified atom stereocenters. The Morgan fingerprint density at radius 3 is 2.58 bits per heavy atom. The van der Waals surface area contributed by atoms with Gasteiger partial charge in [0.15, 0.2) is 0 Å². The number of likely N-dealkylation sites (N-methyl/N-ethyl adjacent to an activating group) is 1. The van der Waals surface area contributed by atoms with E-state index in [1.807, 2.05) is 0 Å². The highest BCUT2D eigenvalue weighted by molar-refractivity contribution is 5.80. The Balaban J connectivity index is 2.41. The van der Waals surface area contributed by atoms with Crippen LogP contribution in [0.5, 0.6) is 0 Å². The van der Waals surface area contributed by atoms with Gasteiger partial charge < -0.3 is 10.0 Å². The SMILES string of the molecule is CN(CC(=O)O)C(=O)CCCc1ccc(F)cc1F. The predicted molar refractivity (Wildman–Crippen MR) is 64.6 cm³/mol. The van der Waals surface area contributed by atoms with Crippen LogP contribution in [-0.2, 0) is 16.0 Å². The van der Waals surface area contributed by atoms with Gasteiger partial charge in [-0.3, -0.25) is 9.59 Å². The van der Waals surface area contributed by atoms with Gasteiger partial charge in [-0.25, -0.2) is 8.78 Å². The lowest BCUT2D eigenvalue weighted by Crippen LogP contribution is -2.31. The monoisotopic (exact) mass is 271 g/mol. The van der Waals surface area contributed by atoms with E-state index in [4.69, 9.17) is 5.11 Å². The Bertz CT molecular complexity index is 477. The zero-order valence-corrected chi connectivity index (χ0v) is 10.5. The van der Waals surface area contributed by atoms with Crippen molar-refractivity contribution in [3.8, 4) is 0 Å². The van der Waals surface area contributed by atoms with E-state index in [1.165, 1.54) is 13.1 Å². The Morgan fingerprint density at radius 2 is 2.00 bits per heavy atom. The van der Waals surface area contributed by atoms with Crippen LogP contribution in [0.1, 0.15) is 18.4 Å². The van der Waals surface area contributed by atoms with Crippen LogP contribution in [-0.4, -0.2) is 35.5 Å². The molecule has 0 saturated carbocycles. The molecule has 1 rings (SSSR count). The van der Waals surface area contributed by atoms with Crippen LogP contribution in [0, 0.1) is 11.6 Å². The summed E-state index contributed by atoms with van der Waals surface area (Å²) >= 11 is 0. The molecule has 0 spiro atoms. The van der Waals surface area contributed by atoms with E-state index in [-0.39, 0.29) is 18.9 Å². The second-order valence-electron chi connectivity index (χ2n) is 4.23. The van der Waals surface area contributed by atoms with Gasteiger partial charge in [0.05, 0.1) is 0 Å². The Kier molecular flexibility index (Phi) is 5.41. The summed E-state index contributed by atoms with van der Waals surface area (Å²) in [5.74, 6) is -2.67. The number of aryl methyl sites for hydroxylation is 1. The number of carboxylic acid groups (broad SMARTS) is 1. The second-order valence-corrected chi connectivity index (χ2v) is 4.23. The van der Waals surface area contributed by atoms with E-state index in [1.54, 1.807) is 0 Å². The maximum Gasteiger partial charge on any atom is 0.323 e. The number of aliphatic carboxylic acids is 1. The first kappa shape index (κ1) is 15.1. The van der Waals surface area contributed by atoms with Crippen LogP contribution in [0.15, 0.2) is 18.2 Å². The number of carbonyl (C=O) groups excluding carboxylic acids is 1. The molecule has 1 aromatic carbocycles. The first-order chi connectivity index (χ1) is 8.90. The molecule has 0 radical (unpaired) electrons. The van der Waals surface area contributed by atoms with Gasteiger partial charge in [-0.05, 0) is 24.5 Å². The molecular formula is C13H15F2NO3.